The van der Waals surface area contributed by atoms with Gasteiger partial charge in [0.2, 0.25) is 5.91 Å². The van der Waals surface area contributed by atoms with Gasteiger partial charge in [0.15, 0.2) is 11.5 Å². The number of piperazine rings is 1. The number of phenolic OH excluding ortho intramolecular Hbond substituents is 1. The number of halogens is 2. The number of nitrogens with zero attached hydrogens (tertiary/aromatic N) is 7. The fraction of sp³-hybridized carbons (Fsp3) is 0.353. The smallest absolute Gasteiger partial charge is 0.283 e. The Morgan fingerprint density at radius 2 is 1.68 bits per heavy atom. The Labute approximate surface area is 269 Å². The minimum Gasteiger partial charge on any atom is -0.507 e. The van der Waals surface area contributed by atoms with Gasteiger partial charge in [-0.15, -0.1) is 0 Å². The van der Waals surface area contributed by atoms with Gasteiger partial charge in [-0.25, -0.2) is 23.7 Å². The molecule has 0 radical (unpaired) electrons. The number of aromatic hydroxyl groups is 1. The van der Waals surface area contributed by atoms with Crippen molar-refractivity contribution >= 4 is 34.2 Å². The van der Waals surface area contributed by atoms with Gasteiger partial charge < -0.3 is 19.8 Å². The van der Waals surface area contributed by atoms with E-state index >= 15 is 8.78 Å². The lowest BCUT2D eigenvalue weighted by Crippen LogP contribution is -2.66. The van der Waals surface area contributed by atoms with Crippen LogP contribution in [0.1, 0.15) is 57.8 Å². The van der Waals surface area contributed by atoms with Crippen LogP contribution in [-0.2, 0) is 9.59 Å². The molecule has 1 saturated heterocycles. The van der Waals surface area contributed by atoms with Gasteiger partial charge in [0.05, 0.1) is 34.9 Å². The van der Waals surface area contributed by atoms with Crippen molar-refractivity contribution < 1.29 is 23.5 Å². The molecule has 47 heavy (non-hydrogen) atoms. The SMILES string of the molecule is C=CC(=O)N1C[C@@H]2C(=O)N(C)c3c(c4cc(F)c(-c5c(O)cccc5F)nc4n(-c4c(C(C)C)ncnc4C(C)C)c3=O)N2C[C@H]1C. The summed E-state index contributed by atoms with van der Waals surface area (Å²) in [6.07, 6.45) is 2.60. The maximum absolute atomic E-state index is 16.3. The van der Waals surface area contributed by atoms with Crippen LogP contribution < -0.4 is 15.4 Å². The summed E-state index contributed by atoms with van der Waals surface area (Å²) in [5.41, 5.74) is -0.0247. The number of fused-ring (bicyclic) bond motifs is 5. The molecular formula is C34H35F2N7O4. The van der Waals surface area contributed by atoms with Crippen LogP contribution in [0.3, 0.4) is 0 Å². The first-order chi connectivity index (χ1) is 22.3. The number of benzene rings is 1. The number of hydrogen-bond donors (Lipinski definition) is 1. The Hall–Kier alpha value is -5.20. The molecule has 0 unspecified atom stereocenters. The molecule has 2 atom stereocenters. The molecule has 2 aliphatic heterocycles. The van der Waals surface area contributed by atoms with Gasteiger partial charge >= 0.3 is 0 Å². The van der Waals surface area contributed by atoms with E-state index in [2.05, 4.69) is 21.5 Å². The summed E-state index contributed by atoms with van der Waals surface area (Å²) < 4.78 is 32.7. The van der Waals surface area contributed by atoms with Crippen molar-refractivity contribution in [3.63, 3.8) is 0 Å². The Kier molecular flexibility index (Phi) is 7.81. The van der Waals surface area contributed by atoms with Gasteiger partial charge in [0, 0.05) is 25.0 Å². The summed E-state index contributed by atoms with van der Waals surface area (Å²) in [7, 11) is 1.47. The van der Waals surface area contributed by atoms with Crippen molar-refractivity contribution in [3.8, 4) is 22.7 Å². The Morgan fingerprint density at radius 3 is 2.28 bits per heavy atom. The first-order valence-corrected chi connectivity index (χ1v) is 15.4. The topological polar surface area (TPSA) is 125 Å². The first-order valence-electron chi connectivity index (χ1n) is 15.4. The van der Waals surface area contributed by atoms with Gasteiger partial charge in [0.25, 0.3) is 11.5 Å². The molecule has 11 nitrogen and oxygen atoms in total. The van der Waals surface area contributed by atoms with E-state index < -0.39 is 52.2 Å². The number of phenols is 1. The standard InChI is InChI=1S/C34H35F2N7O4/c1-8-24(45)41-14-22-33(46)40(7)31-29(42(22)13-18(41)6)19-12-21(36)28(25-20(35)10-9-11-23(25)44)39-32(19)43(34(31)47)30-26(16(2)3)37-15-38-27(30)17(4)5/h8-12,15-18,22,44H,1,13-14H2,2-7H3/t18-,22-/m1/s1. The van der Waals surface area contributed by atoms with E-state index in [9.17, 15) is 19.5 Å². The average Bonchev–Trinajstić information content (AvgIpc) is 3.02. The molecule has 0 saturated carbocycles. The average molecular weight is 644 g/mol. The molecule has 0 aliphatic carbocycles. The highest BCUT2D eigenvalue weighted by Gasteiger charge is 2.46. The van der Waals surface area contributed by atoms with Gasteiger partial charge in [-0.3, -0.25) is 19.0 Å². The summed E-state index contributed by atoms with van der Waals surface area (Å²) in [6, 6.07) is 3.46. The number of anilines is 2. The molecular weight excluding hydrogens is 608 g/mol. The number of carbonyl (C=O) groups is 2. The fourth-order valence-corrected chi connectivity index (χ4v) is 6.65. The zero-order valence-corrected chi connectivity index (χ0v) is 27.0. The van der Waals surface area contributed by atoms with E-state index in [1.54, 1.807) is 4.90 Å². The summed E-state index contributed by atoms with van der Waals surface area (Å²) in [6.45, 7) is 13.2. The molecule has 5 heterocycles. The number of hydrogen-bond acceptors (Lipinski definition) is 8. The Morgan fingerprint density at radius 1 is 1.02 bits per heavy atom. The number of likely N-dealkylation sites (N-methyl/N-ethyl adjacent to an activating group) is 1. The molecule has 6 rings (SSSR count). The number of carbonyl (C=O) groups excluding carboxylic acids is 2. The maximum atomic E-state index is 16.3. The van der Waals surface area contributed by atoms with Crippen molar-refractivity contribution in [2.24, 2.45) is 0 Å². The Balaban J connectivity index is 1.78. The van der Waals surface area contributed by atoms with Crippen LogP contribution in [0.4, 0.5) is 20.2 Å². The highest BCUT2D eigenvalue weighted by Crippen LogP contribution is 2.44. The van der Waals surface area contributed by atoms with Gasteiger partial charge in [-0.2, -0.15) is 0 Å². The van der Waals surface area contributed by atoms with E-state index in [-0.39, 0.29) is 53.2 Å². The van der Waals surface area contributed by atoms with Crippen LogP contribution in [0.5, 0.6) is 5.75 Å². The molecule has 1 fully saturated rings. The van der Waals surface area contributed by atoms with Crippen molar-refractivity contribution in [2.75, 3.05) is 29.9 Å². The molecule has 1 aromatic carbocycles. The van der Waals surface area contributed by atoms with Gasteiger partial charge in [-0.1, -0.05) is 40.3 Å². The van der Waals surface area contributed by atoms with Crippen LogP contribution >= 0.6 is 0 Å². The lowest BCUT2D eigenvalue weighted by atomic mass is 9.97. The van der Waals surface area contributed by atoms with Crippen LogP contribution in [-0.4, -0.2) is 73.6 Å². The molecule has 0 spiro atoms. The van der Waals surface area contributed by atoms with E-state index in [1.807, 2.05) is 34.6 Å². The van der Waals surface area contributed by atoms with Crippen LogP contribution in [0.25, 0.3) is 28.0 Å². The van der Waals surface area contributed by atoms with Crippen molar-refractivity contribution in [2.45, 2.75) is 58.5 Å². The van der Waals surface area contributed by atoms with Crippen molar-refractivity contribution in [1.82, 2.24) is 24.4 Å². The molecule has 1 N–H and O–H groups in total. The predicted molar refractivity (Wildman–Crippen MR) is 174 cm³/mol. The third kappa shape index (κ3) is 4.83. The highest BCUT2D eigenvalue weighted by atomic mass is 19.1. The summed E-state index contributed by atoms with van der Waals surface area (Å²) in [5, 5.41) is 10.8. The third-order valence-electron chi connectivity index (χ3n) is 8.91. The third-order valence-corrected chi connectivity index (χ3v) is 8.91. The second kappa shape index (κ2) is 11.6. The second-order valence-corrected chi connectivity index (χ2v) is 12.6. The summed E-state index contributed by atoms with van der Waals surface area (Å²) in [5.74, 6) is -3.54. The number of pyridine rings is 2. The number of aromatic nitrogens is 4. The van der Waals surface area contributed by atoms with E-state index in [1.165, 1.54) is 46.0 Å². The summed E-state index contributed by atoms with van der Waals surface area (Å²) >= 11 is 0. The minimum absolute atomic E-state index is 0.00889. The quantitative estimate of drug-likeness (QED) is 0.312. The molecule has 2 amide bonds. The maximum Gasteiger partial charge on any atom is 0.283 e. The van der Waals surface area contributed by atoms with Gasteiger partial charge in [0.1, 0.15) is 35.3 Å². The molecule has 4 aromatic rings. The van der Waals surface area contributed by atoms with Gasteiger partial charge in [-0.05, 0) is 43.0 Å². The summed E-state index contributed by atoms with van der Waals surface area (Å²) in [4.78, 5) is 59.7. The molecule has 244 valence electrons. The first kappa shape index (κ1) is 31.8. The van der Waals surface area contributed by atoms with Crippen molar-refractivity contribution in [1.29, 1.82) is 0 Å². The number of amides is 2. The lowest BCUT2D eigenvalue weighted by molar-refractivity contribution is -0.130. The number of rotatable bonds is 5. The molecule has 13 heteroatoms. The van der Waals surface area contributed by atoms with E-state index in [0.29, 0.717) is 17.1 Å². The molecule has 0 bridgehead atoms. The Bertz CT molecular complexity index is 2000. The highest BCUT2D eigenvalue weighted by molar-refractivity contribution is 6.12. The van der Waals surface area contributed by atoms with Crippen LogP contribution in [0, 0.1) is 11.6 Å². The largest absolute Gasteiger partial charge is 0.507 e. The van der Waals surface area contributed by atoms with Crippen LogP contribution in [0.2, 0.25) is 0 Å². The zero-order valence-electron chi connectivity index (χ0n) is 27.0. The zero-order chi connectivity index (χ0) is 34.1. The van der Waals surface area contributed by atoms with E-state index in [0.717, 1.165) is 12.1 Å². The predicted octanol–water partition coefficient (Wildman–Crippen LogP) is 4.64. The molecule has 3 aromatic heterocycles. The molecule has 2 aliphatic rings. The van der Waals surface area contributed by atoms with Crippen molar-refractivity contribution in [3.05, 3.63) is 76.6 Å². The second-order valence-electron chi connectivity index (χ2n) is 12.6. The van der Waals surface area contributed by atoms with Crippen LogP contribution in [0.15, 0.2) is 48.0 Å². The lowest BCUT2D eigenvalue weighted by Gasteiger charge is -2.49. The van der Waals surface area contributed by atoms with E-state index in [4.69, 9.17) is 0 Å². The monoisotopic (exact) mass is 643 g/mol. The minimum atomic E-state index is -0.951. The fourth-order valence-electron chi connectivity index (χ4n) is 6.65. The normalized spacial score (nSPS) is 17.8.